The first-order valence-electron chi connectivity index (χ1n) is 10.4. The van der Waals surface area contributed by atoms with Gasteiger partial charge in [-0.3, -0.25) is 9.59 Å². The number of hydrogen-bond acceptors (Lipinski definition) is 5. The van der Waals surface area contributed by atoms with Gasteiger partial charge in [-0.25, -0.2) is 9.50 Å². The van der Waals surface area contributed by atoms with Crippen LogP contribution in [0, 0.1) is 0 Å². The molecule has 33 heavy (non-hydrogen) atoms. The Morgan fingerprint density at radius 3 is 2.76 bits per heavy atom. The van der Waals surface area contributed by atoms with Crippen molar-refractivity contribution in [2.75, 3.05) is 11.4 Å². The van der Waals surface area contributed by atoms with Crippen LogP contribution in [-0.4, -0.2) is 43.7 Å². The molecular formula is C22H25F3N6O2. The van der Waals surface area contributed by atoms with Gasteiger partial charge in [0.15, 0.2) is 11.3 Å². The van der Waals surface area contributed by atoms with Gasteiger partial charge in [-0.2, -0.15) is 13.2 Å². The molecule has 4 heterocycles. The lowest BCUT2D eigenvalue weighted by Gasteiger charge is -2.26. The molecule has 1 aliphatic heterocycles. The van der Waals surface area contributed by atoms with Crippen LogP contribution in [0.15, 0.2) is 53.1 Å². The molecule has 0 radical (unpaired) electrons. The van der Waals surface area contributed by atoms with Crippen molar-refractivity contribution in [1.82, 2.24) is 24.5 Å². The van der Waals surface area contributed by atoms with Crippen molar-refractivity contribution in [1.29, 1.82) is 0 Å². The van der Waals surface area contributed by atoms with Crippen LogP contribution in [0.4, 0.5) is 19.0 Å². The van der Waals surface area contributed by atoms with Crippen LogP contribution in [0.1, 0.15) is 37.7 Å². The van der Waals surface area contributed by atoms with Gasteiger partial charge in [-0.05, 0) is 44.5 Å². The highest BCUT2D eigenvalue weighted by Crippen LogP contribution is 2.32. The molecule has 0 aliphatic carbocycles. The van der Waals surface area contributed by atoms with Crippen molar-refractivity contribution in [2.45, 2.75) is 38.5 Å². The van der Waals surface area contributed by atoms with Gasteiger partial charge in [0.1, 0.15) is 11.4 Å². The minimum atomic E-state index is -4.59. The standard InChI is InChI=1S/C22H23F3N6O2.H2/c1-4-13(2)16-10-14(27-20(32)15-6-5-9-29(3)21(15)33)12-30(16)19-8-7-18-26-11-17(22(23,24)25)31(18)28-19;/h4-9,11,14,16H,10,12H2,1-3H3,(H,27,32);1H/b13-4+;/t14?,16-;/m1./s1. The van der Waals surface area contributed by atoms with Crippen molar-refractivity contribution in [3.05, 3.63) is 69.9 Å². The van der Waals surface area contributed by atoms with Crippen LogP contribution >= 0.6 is 0 Å². The fourth-order valence-electron chi connectivity index (χ4n) is 4.06. The van der Waals surface area contributed by atoms with Crippen LogP contribution in [0.2, 0.25) is 0 Å². The van der Waals surface area contributed by atoms with Crippen molar-refractivity contribution >= 4 is 17.4 Å². The van der Waals surface area contributed by atoms with Gasteiger partial charge in [0.25, 0.3) is 11.5 Å². The Bertz CT molecular complexity index is 1300. The largest absolute Gasteiger partial charge is 0.435 e. The molecule has 8 nitrogen and oxygen atoms in total. The maximum Gasteiger partial charge on any atom is 0.435 e. The first kappa shape index (κ1) is 22.6. The molecule has 4 rings (SSSR count). The van der Waals surface area contributed by atoms with Gasteiger partial charge in [0, 0.05) is 27.3 Å². The van der Waals surface area contributed by atoms with Gasteiger partial charge < -0.3 is 14.8 Å². The molecule has 1 N–H and O–H groups in total. The molecule has 0 aromatic carbocycles. The Morgan fingerprint density at radius 2 is 2.06 bits per heavy atom. The number of pyridine rings is 1. The second-order valence-corrected chi connectivity index (χ2v) is 8.05. The second-order valence-electron chi connectivity index (χ2n) is 8.05. The van der Waals surface area contributed by atoms with E-state index in [9.17, 15) is 22.8 Å². The van der Waals surface area contributed by atoms with Crippen molar-refractivity contribution in [3.8, 4) is 0 Å². The molecule has 11 heteroatoms. The predicted octanol–water partition coefficient (Wildman–Crippen LogP) is 3.04. The van der Waals surface area contributed by atoms with E-state index in [1.54, 1.807) is 25.4 Å². The number of carbonyl (C=O) groups excluding carboxylic acids is 1. The number of hydrogen-bond donors (Lipinski definition) is 1. The number of fused-ring (bicyclic) bond motifs is 1. The zero-order chi connectivity index (χ0) is 23.9. The molecule has 1 amide bonds. The summed E-state index contributed by atoms with van der Waals surface area (Å²) in [5.41, 5.74) is -0.244. The Balaban J connectivity index is 0.00000324. The molecule has 3 aromatic heterocycles. The maximum atomic E-state index is 13.3. The fraction of sp³-hybridized carbons (Fsp3) is 0.364. The summed E-state index contributed by atoms with van der Waals surface area (Å²) >= 11 is 0. The molecular weight excluding hydrogens is 437 g/mol. The average molecular weight is 462 g/mol. The number of nitrogens with one attached hydrogen (secondary N) is 1. The lowest BCUT2D eigenvalue weighted by Crippen LogP contribution is -2.40. The monoisotopic (exact) mass is 462 g/mol. The summed E-state index contributed by atoms with van der Waals surface area (Å²) in [5, 5.41) is 7.11. The molecule has 2 atom stereocenters. The maximum absolute atomic E-state index is 13.3. The Hall–Kier alpha value is -3.63. The average Bonchev–Trinajstić information content (AvgIpc) is 3.38. The fourth-order valence-corrected chi connectivity index (χ4v) is 4.06. The van der Waals surface area contributed by atoms with Gasteiger partial charge >= 0.3 is 6.18 Å². The van der Waals surface area contributed by atoms with E-state index in [1.807, 2.05) is 24.8 Å². The third kappa shape index (κ3) is 4.22. The molecule has 1 unspecified atom stereocenters. The number of anilines is 1. The highest BCUT2D eigenvalue weighted by molar-refractivity contribution is 5.94. The van der Waals surface area contributed by atoms with Crippen molar-refractivity contribution < 1.29 is 19.4 Å². The first-order chi connectivity index (χ1) is 15.6. The Labute approximate surface area is 188 Å². The molecule has 1 aliphatic rings. The summed E-state index contributed by atoms with van der Waals surface area (Å²) in [4.78, 5) is 30.7. The number of aromatic nitrogens is 4. The number of amides is 1. The van der Waals surface area contributed by atoms with Crippen LogP contribution in [-0.2, 0) is 13.2 Å². The SMILES string of the molecule is C/C=C(\C)[C@H]1CC(NC(=O)c2cccn(C)c2=O)CN1c1ccc2ncc(C(F)(F)F)n2n1.[HH]. The highest BCUT2D eigenvalue weighted by atomic mass is 19.4. The zero-order valence-electron chi connectivity index (χ0n) is 18.3. The van der Waals surface area contributed by atoms with Gasteiger partial charge in [0.2, 0.25) is 0 Å². The van der Waals surface area contributed by atoms with Crippen molar-refractivity contribution in [2.24, 2.45) is 7.05 Å². The van der Waals surface area contributed by atoms with Crippen LogP contribution in [0.5, 0.6) is 0 Å². The molecule has 0 spiro atoms. The normalized spacial score (nSPS) is 19.3. The molecule has 0 saturated carbocycles. The number of aryl methyl sites for hydroxylation is 1. The summed E-state index contributed by atoms with van der Waals surface area (Å²) in [5.74, 6) is -0.151. The number of carbonyl (C=O) groups is 1. The third-order valence-corrected chi connectivity index (χ3v) is 5.92. The summed E-state index contributed by atoms with van der Waals surface area (Å²) in [7, 11) is 1.56. The Kier molecular flexibility index (Phi) is 5.73. The van der Waals surface area contributed by atoms with E-state index >= 15 is 0 Å². The summed E-state index contributed by atoms with van der Waals surface area (Å²) in [6.45, 7) is 4.12. The quantitative estimate of drug-likeness (QED) is 0.603. The number of rotatable bonds is 4. The number of nitrogens with zero attached hydrogens (tertiary/aromatic N) is 5. The molecule has 1 saturated heterocycles. The topological polar surface area (TPSA) is 84.5 Å². The van der Waals surface area contributed by atoms with E-state index in [0.717, 1.165) is 16.3 Å². The first-order valence-corrected chi connectivity index (χ1v) is 10.4. The zero-order valence-corrected chi connectivity index (χ0v) is 18.3. The van der Waals surface area contributed by atoms with E-state index in [2.05, 4.69) is 15.4 Å². The van der Waals surface area contributed by atoms with E-state index in [-0.39, 0.29) is 24.7 Å². The van der Waals surface area contributed by atoms with E-state index in [0.29, 0.717) is 18.8 Å². The Morgan fingerprint density at radius 1 is 1.30 bits per heavy atom. The smallest absolute Gasteiger partial charge is 0.347 e. The minimum absolute atomic E-state index is 0. The van der Waals surface area contributed by atoms with Gasteiger partial charge in [-0.1, -0.05) is 11.6 Å². The van der Waals surface area contributed by atoms with E-state index < -0.39 is 23.3 Å². The van der Waals surface area contributed by atoms with Crippen molar-refractivity contribution in [3.63, 3.8) is 0 Å². The lowest BCUT2D eigenvalue weighted by atomic mass is 10.0. The third-order valence-electron chi connectivity index (χ3n) is 5.92. The summed E-state index contributed by atoms with van der Waals surface area (Å²) in [6, 6.07) is 5.68. The summed E-state index contributed by atoms with van der Waals surface area (Å²) in [6.07, 6.45) is 0.173. The number of alkyl halides is 3. The molecule has 176 valence electrons. The summed E-state index contributed by atoms with van der Waals surface area (Å²) < 4.78 is 42.2. The van der Waals surface area contributed by atoms with E-state index in [1.165, 1.54) is 16.7 Å². The lowest BCUT2D eigenvalue weighted by molar-refractivity contribution is -0.142. The van der Waals surface area contributed by atoms with Gasteiger partial charge in [-0.15, -0.1) is 5.10 Å². The van der Waals surface area contributed by atoms with Crippen LogP contribution < -0.4 is 15.8 Å². The van der Waals surface area contributed by atoms with Crippen LogP contribution in [0.25, 0.3) is 5.65 Å². The molecule has 3 aromatic rings. The number of imidazole rings is 1. The minimum Gasteiger partial charge on any atom is -0.347 e. The number of halogens is 3. The highest BCUT2D eigenvalue weighted by Gasteiger charge is 2.37. The second kappa shape index (κ2) is 8.38. The van der Waals surface area contributed by atoms with Gasteiger partial charge in [0.05, 0.1) is 12.2 Å². The molecule has 0 bridgehead atoms. The predicted molar refractivity (Wildman–Crippen MR) is 118 cm³/mol. The van der Waals surface area contributed by atoms with E-state index in [4.69, 9.17) is 0 Å². The number of allylic oxidation sites excluding steroid dienone is 1. The molecule has 1 fully saturated rings. The van der Waals surface area contributed by atoms with Crippen LogP contribution in [0.3, 0.4) is 0 Å².